The zero-order chi connectivity index (χ0) is 35.3. The molecule has 248 valence electrons. The third-order valence-electron chi connectivity index (χ3n) is 11.9. The zero-order valence-corrected chi connectivity index (χ0v) is 29.5. The van der Waals surface area contributed by atoms with Crippen LogP contribution in [0, 0.1) is 0 Å². The van der Waals surface area contributed by atoms with Crippen molar-refractivity contribution in [2.45, 2.75) is 0 Å². The van der Waals surface area contributed by atoms with E-state index in [-0.39, 0.29) is 0 Å². The summed E-state index contributed by atoms with van der Waals surface area (Å²) < 4.78 is 0. The fourth-order valence-corrected chi connectivity index (χ4v) is 9.49. The molecule has 0 heteroatoms. The van der Waals surface area contributed by atoms with Crippen LogP contribution >= 0.6 is 0 Å². The smallest absolute Gasteiger partial charge is 0.00199 e. The summed E-state index contributed by atoms with van der Waals surface area (Å²) in [6.07, 6.45) is 0. The third-order valence-corrected chi connectivity index (χ3v) is 11.9. The standard InChI is InChI=1S/C54H32/c1-2-10-33(11-3-1)39-29-40(31-42(30-39)43-26-24-37-21-20-34-12-8-13-35-25-27-49(43)52(37)51(34)35)41-28-38-23-22-36-14-9-19-48-46-17-6-4-15-44(46)45-16-5-7-18-47(45)50(32-41)54(38)53(36)48/h1-32H. The molecule has 0 amide bonds. The molecule has 0 unspecified atom stereocenters. The molecule has 0 radical (unpaired) electrons. The van der Waals surface area contributed by atoms with Gasteiger partial charge in [0, 0.05) is 0 Å². The molecule has 0 fully saturated rings. The maximum atomic E-state index is 2.46. The lowest BCUT2D eigenvalue weighted by Crippen LogP contribution is -1.90. The van der Waals surface area contributed by atoms with Crippen LogP contribution in [0.2, 0.25) is 0 Å². The van der Waals surface area contributed by atoms with Gasteiger partial charge in [-0.25, -0.2) is 0 Å². The molecule has 0 aromatic heterocycles. The number of hydrogen-bond donors (Lipinski definition) is 0. The van der Waals surface area contributed by atoms with Gasteiger partial charge in [0.15, 0.2) is 0 Å². The summed E-state index contributed by atoms with van der Waals surface area (Å²) in [5, 5.41) is 20.7. The molecule has 12 rings (SSSR count). The first-order valence-electron chi connectivity index (χ1n) is 18.8. The van der Waals surface area contributed by atoms with Crippen molar-refractivity contribution in [3.63, 3.8) is 0 Å². The highest BCUT2D eigenvalue weighted by atomic mass is 14.2. The van der Waals surface area contributed by atoms with Crippen LogP contribution in [-0.2, 0) is 0 Å². The van der Waals surface area contributed by atoms with Crippen LogP contribution in [0.25, 0.3) is 120 Å². The van der Waals surface area contributed by atoms with E-state index in [0.717, 1.165) is 0 Å². The highest BCUT2D eigenvalue weighted by molar-refractivity contribution is 6.33. The van der Waals surface area contributed by atoms with Gasteiger partial charge < -0.3 is 0 Å². The molecule has 12 aromatic rings. The van der Waals surface area contributed by atoms with Gasteiger partial charge in [0.05, 0.1) is 0 Å². The summed E-state index contributed by atoms with van der Waals surface area (Å²) in [5.41, 5.74) is 7.34. The third kappa shape index (κ3) is 4.26. The van der Waals surface area contributed by atoms with Crippen molar-refractivity contribution in [1.29, 1.82) is 0 Å². The molecule has 0 spiro atoms. The molecule has 12 aromatic carbocycles. The lowest BCUT2D eigenvalue weighted by molar-refractivity contribution is 1.59. The van der Waals surface area contributed by atoms with Gasteiger partial charge >= 0.3 is 0 Å². The van der Waals surface area contributed by atoms with E-state index in [0.29, 0.717) is 0 Å². The first-order chi connectivity index (χ1) is 26.8. The number of fused-ring (bicyclic) bond motifs is 5. The van der Waals surface area contributed by atoms with E-state index in [4.69, 9.17) is 0 Å². The minimum absolute atomic E-state index is 1.21. The second kappa shape index (κ2) is 11.2. The van der Waals surface area contributed by atoms with Gasteiger partial charge in [0.25, 0.3) is 0 Å². The van der Waals surface area contributed by atoms with E-state index in [1.165, 1.54) is 120 Å². The topological polar surface area (TPSA) is 0 Å². The van der Waals surface area contributed by atoms with Gasteiger partial charge in [-0.15, -0.1) is 0 Å². The molecule has 0 nitrogen and oxygen atoms in total. The van der Waals surface area contributed by atoms with Gasteiger partial charge in [-0.3, -0.25) is 0 Å². The van der Waals surface area contributed by atoms with Crippen molar-refractivity contribution in [1.82, 2.24) is 0 Å². The fraction of sp³-hybridized carbons (Fsp3) is 0. The molecule has 0 bridgehead atoms. The van der Waals surface area contributed by atoms with Crippen molar-refractivity contribution in [3.8, 4) is 33.4 Å². The highest BCUT2D eigenvalue weighted by Crippen LogP contribution is 2.45. The zero-order valence-electron chi connectivity index (χ0n) is 29.5. The Kier molecular flexibility index (Phi) is 6.15. The van der Waals surface area contributed by atoms with Gasteiger partial charge in [-0.2, -0.15) is 0 Å². The molecule has 0 heterocycles. The summed E-state index contributed by atoms with van der Waals surface area (Å²) in [4.78, 5) is 0. The normalized spacial score (nSPS) is 12.1. The Bertz CT molecular complexity index is 3460. The van der Waals surface area contributed by atoms with E-state index in [2.05, 4.69) is 194 Å². The quantitative estimate of drug-likeness (QED) is 0.163. The van der Waals surface area contributed by atoms with Crippen LogP contribution in [0.5, 0.6) is 0 Å². The van der Waals surface area contributed by atoms with Gasteiger partial charge in [-0.1, -0.05) is 164 Å². The van der Waals surface area contributed by atoms with Crippen LogP contribution in [-0.4, -0.2) is 0 Å². The number of benzene rings is 11. The Morgan fingerprint density at radius 3 is 1.35 bits per heavy atom. The predicted molar refractivity (Wildman–Crippen MR) is 234 cm³/mol. The van der Waals surface area contributed by atoms with Crippen molar-refractivity contribution in [2.75, 3.05) is 0 Å². The average Bonchev–Trinajstić information content (AvgIpc) is 3.24. The van der Waals surface area contributed by atoms with E-state index in [1.807, 2.05) is 0 Å². The highest BCUT2D eigenvalue weighted by Gasteiger charge is 2.17. The van der Waals surface area contributed by atoms with E-state index < -0.39 is 0 Å². The minimum atomic E-state index is 1.21. The monoisotopic (exact) mass is 680 g/mol. The number of hydrogen-bond acceptors (Lipinski definition) is 0. The Balaban J connectivity index is 1.20. The predicted octanol–water partition coefficient (Wildman–Crippen LogP) is 15.4. The molecule has 0 aliphatic carbocycles. The van der Waals surface area contributed by atoms with Crippen LogP contribution in [0.4, 0.5) is 0 Å². The van der Waals surface area contributed by atoms with E-state index >= 15 is 0 Å². The van der Waals surface area contributed by atoms with E-state index in [9.17, 15) is 0 Å². The lowest BCUT2D eigenvalue weighted by Gasteiger charge is -2.17. The molecule has 54 heavy (non-hydrogen) atoms. The van der Waals surface area contributed by atoms with Gasteiger partial charge in [0.2, 0.25) is 0 Å². The van der Waals surface area contributed by atoms with Crippen LogP contribution in [0.15, 0.2) is 194 Å². The molecule has 0 saturated heterocycles. The molecular weight excluding hydrogens is 649 g/mol. The van der Waals surface area contributed by atoms with Crippen molar-refractivity contribution in [2.24, 2.45) is 0 Å². The first kappa shape index (κ1) is 29.5. The van der Waals surface area contributed by atoms with Gasteiger partial charge in [-0.05, 0) is 150 Å². The second-order valence-electron chi connectivity index (χ2n) is 14.8. The van der Waals surface area contributed by atoms with Crippen molar-refractivity contribution in [3.05, 3.63) is 194 Å². The lowest BCUT2D eigenvalue weighted by atomic mass is 9.86. The molecule has 0 saturated carbocycles. The molecular formula is C54H32. The van der Waals surface area contributed by atoms with E-state index in [1.54, 1.807) is 0 Å². The SMILES string of the molecule is c1ccc(-c2cc(-c3cc4ccc5cccc6c7ccccc7c7ccccc7c(c3)c4c56)cc(-c3ccc4ccc5cccc6ccc3c4c56)c2)cc1. The van der Waals surface area contributed by atoms with Crippen molar-refractivity contribution < 1.29 is 0 Å². The summed E-state index contributed by atoms with van der Waals surface area (Å²) in [7, 11) is 0. The second-order valence-corrected chi connectivity index (χ2v) is 14.8. The fourth-order valence-electron chi connectivity index (χ4n) is 9.49. The maximum absolute atomic E-state index is 2.46. The van der Waals surface area contributed by atoms with Crippen LogP contribution in [0.3, 0.4) is 0 Å². The van der Waals surface area contributed by atoms with Gasteiger partial charge in [0.1, 0.15) is 0 Å². The van der Waals surface area contributed by atoms with Crippen molar-refractivity contribution >= 4 is 86.2 Å². The summed E-state index contributed by atoms with van der Waals surface area (Å²) in [6, 6.07) is 72.6. The van der Waals surface area contributed by atoms with Crippen LogP contribution < -0.4 is 0 Å². The maximum Gasteiger partial charge on any atom is -0.00199 e. The largest absolute Gasteiger partial charge is 0.0622 e. The Hall–Kier alpha value is -7.02. The first-order valence-corrected chi connectivity index (χ1v) is 18.8. The van der Waals surface area contributed by atoms with Crippen LogP contribution in [0.1, 0.15) is 0 Å². The Labute approximate surface area is 312 Å². The average molecular weight is 681 g/mol. The minimum Gasteiger partial charge on any atom is -0.0622 e. The summed E-state index contributed by atoms with van der Waals surface area (Å²) in [5.74, 6) is 0. The molecule has 0 aliphatic rings. The Morgan fingerprint density at radius 2 is 0.630 bits per heavy atom. The molecule has 0 aliphatic heterocycles. The summed E-state index contributed by atoms with van der Waals surface area (Å²) >= 11 is 0. The number of rotatable bonds is 3. The molecule has 0 N–H and O–H groups in total. The summed E-state index contributed by atoms with van der Waals surface area (Å²) in [6.45, 7) is 0. The Morgan fingerprint density at radius 1 is 0.185 bits per heavy atom. The molecule has 0 atom stereocenters.